The topological polar surface area (TPSA) is 61.4 Å². The van der Waals surface area contributed by atoms with Gasteiger partial charge in [-0.1, -0.05) is 12.1 Å². The van der Waals surface area contributed by atoms with E-state index in [1.54, 1.807) is 0 Å². The molecule has 0 aliphatic rings. The fourth-order valence-electron chi connectivity index (χ4n) is 6.01. The Bertz CT molecular complexity index is 2310. The van der Waals surface area contributed by atoms with E-state index in [1.165, 1.54) is 25.9 Å². The lowest BCUT2D eigenvalue weighted by Gasteiger charge is -2.09. The van der Waals surface area contributed by atoms with E-state index in [0.717, 1.165) is 49.4 Å². The summed E-state index contributed by atoms with van der Waals surface area (Å²) in [5, 5.41) is 5.76. The van der Waals surface area contributed by atoms with Gasteiger partial charge >= 0.3 is 0 Å². The average molecular weight is 519 g/mol. The molecule has 7 aromatic heterocycles. The largest absolute Gasteiger partial charge is 0.308 e. The summed E-state index contributed by atoms with van der Waals surface area (Å²) in [7, 11) is 0. The summed E-state index contributed by atoms with van der Waals surface area (Å²) >= 11 is 1.83. The molecule has 0 spiro atoms. The van der Waals surface area contributed by atoms with Gasteiger partial charge in [0, 0.05) is 80.7 Å². The van der Waals surface area contributed by atoms with Gasteiger partial charge in [0.25, 0.3) is 0 Å². The van der Waals surface area contributed by atoms with E-state index in [0.29, 0.717) is 0 Å². The van der Waals surface area contributed by atoms with E-state index in [1.807, 2.05) is 60.8 Å². The van der Waals surface area contributed by atoms with Gasteiger partial charge in [-0.2, -0.15) is 0 Å². The van der Waals surface area contributed by atoms with Crippen LogP contribution in [-0.2, 0) is 0 Å². The van der Waals surface area contributed by atoms with Gasteiger partial charge < -0.3 is 9.13 Å². The lowest BCUT2D eigenvalue weighted by atomic mass is 10.1. The van der Waals surface area contributed by atoms with Crippen molar-refractivity contribution in [3.8, 4) is 11.4 Å². The second kappa shape index (κ2) is 7.69. The number of rotatable bonds is 2. The highest BCUT2D eigenvalue weighted by Gasteiger charge is 2.18. The summed E-state index contributed by atoms with van der Waals surface area (Å²) in [6, 6.07) is 23.7. The molecule has 0 aliphatic carbocycles. The minimum Gasteiger partial charge on any atom is -0.308 e. The van der Waals surface area contributed by atoms with E-state index in [9.17, 15) is 0 Å². The van der Waals surface area contributed by atoms with Crippen LogP contribution in [0.4, 0.5) is 0 Å². The molecule has 7 heteroatoms. The van der Waals surface area contributed by atoms with Crippen molar-refractivity contribution < 1.29 is 0 Å². The molecule has 9 rings (SSSR count). The molecular weight excluding hydrogens is 500 g/mol. The van der Waals surface area contributed by atoms with E-state index in [4.69, 9.17) is 0 Å². The van der Waals surface area contributed by atoms with Crippen molar-refractivity contribution >= 4 is 75.3 Å². The van der Waals surface area contributed by atoms with E-state index >= 15 is 0 Å². The zero-order valence-corrected chi connectivity index (χ0v) is 21.3. The van der Waals surface area contributed by atoms with Gasteiger partial charge in [-0.15, -0.1) is 11.3 Å². The molecule has 9 aromatic rings. The van der Waals surface area contributed by atoms with Crippen LogP contribution in [0.2, 0.25) is 0 Å². The lowest BCUT2D eigenvalue weighted by Crippen LogP contribution is -1.94. The monoisotopic (exact) mass is 518 g/mol. The molecule has 182 valence electrons. The van der Waals surface area contributed by atoms with Crippen molar-refractivity contribution in [2.45, 2.75) is 0 Å². The second-order valence-electron chi connectivity index (χ2n) is 9.66. The van der Waals surface area contributed by atoms with Crippen LogP contribution >= 0.6 is 11.3 Å². The van der Waals surface area contributed by atoms with E-state index in [2.05, 4.69) is 89.7 Å². The van der Waals surface area contributed by atoms with Crippen LogP contribution < -0.4 is 0 Å². The highest BCUT2D eigenvalue weighted by molar-refractivity contribution is 7.26. The molecule has 0 amide bonds. The van der Waals surface area contributed by atoms with Crippen molar-refractivity contribution in [3.63, 3.8) is 0 Å². The third-order valence-corrected chi connectivity index (χ3v) is 8.86. The third kappa shape index (κ3) is 2.79. The summed E-state index contributed by atoms with van der Waals surface area (Å²) in [6.07, 6.45) is 13.2. The Labute approximate surface area is 225 Å². The summed E-state index contributed by atoms with van der Waals surface area (Å²) in [5.74, 6) is 0. The standard InChI is InChI=1S/C32H18N6S/c1-3-20-21-15-19(37-27-10-14-35-18-24(27)31-28(37)5-2-11-36-31)6-7-30(21)39-32(20)29(4-1)38-25-8-12-33-16-22(25)23-17-34-13-9-26(23)38/h1-18H. The highest BCUT2D eigenvalue weighted by atomic mass is 32.1. The molecule has 0 saturated heterocycles. The first-order valence-electron chi connectivity index (χ1n) is 12.7. The normalized spacial score (nSPS) is 12.1. The Morgan fingerprint density at radius 2 is 1.26 bits per heavy atom. The SMILES string of the molecule is c1cc(-n2c3ccncc3c3cnccc32)c2sc3ccc(-n4c5ccncc5c5ncccc54)cc3c2c1. The molecule has 0 atom stereocenters. The second-order valence-corrected chi connectivity index (χ2v) is 10.7. The number of benzene rings is 2. The fraction of sp³-hybridized carbons (Fsp3) is 0. The maximum atomic E-state index is 4.68. The molecule has 0 fully saturated rings. The number of aromatic nitrogens is 6. The predicted octanol–water partition coefficient (Wildman–Crippen LogP) is 7.83. The van der Waals surface area contributed by atoms with Crippen LogP contribution in [0.3, 0.4) is 0 Å². The predicted molar refractivity (Wildman–Crippen MR) is 159 cm³/mol. The Morgan fingerprint density at radius 3 is 2.03 bits per heavy atom. The van der Waals surface area contributed by atoms with Crippen LogP contribution in [0.1, 0.15) is 0 Å². The van der Waals surface area contributed by atoms with Gasteiger partial charge in [-0.05, 0) is 54.6 Å². The first-order chi connectivity index (χ1) is 19.4. The number of nitrogens with zero attached hydrogens (tertiary/aromatic N) is 6. The van der Waals surface area contributed by atoms with E-state index in [-0.39, 0.29) is 0 Å². The van der Waals surface area contributed by atoms with Gasteiger partial charge in [-0.25, -0.2) is 0 Å². The zero-order valence-electron chi connectivity index (χ0n) is 20.5. The van der Waals surface area contributed by atoms with Crippen LogP contribution in [0, 0.1) is 0 Å². The van der Waals surface area contributed by atoms with Gasteiger partial charge in [0.15, 0.2) is 0 Å². The molecule has 7 heterocycles. The Kier molecular flexibility index (Phi) is 4.11. The molecule has 0 aliphatic heterocycles. The summed E-state index contributed by atoms with van der Waals surface area (Å²) < 4.78 is 7.15. The van der Waals surface area contributed by atoms with E-state index < -0.39 is 0 Å². The van der Waals surface area contributed by atoms with Crippen molar-refractivity contribution in [1.82, 2.24) is 29.1 Å². The van der Waals surface area contributed by atoms with Crippen molar-refractivity contribution in [2.24, 2.45) is 0 Å². The molecular formula is C32H18N6S. The Balaban J connectivity index is 1.34. The fourth-order valence-corrected chi connectivity index (χ4v) is 7.20. The minimum absolute atomic E-state index is 0.966. The van der Waals surface area contributed by atoms with Crippen LogP contribution in [0.15, 0.2) is 110 Å². The van der Waals surface area contributed by atoms with Crippen molar-refractivity contribution in [3.05, 3.63) is 110 Å². The molecule has 0 unspecified atom stereocenters. The highest BCUT2D eigenvalue weighted by Crippen LogP contribution is 2.41. The third-order valence-electron chi connectivity index (χ3n) is 7.65. The number of thiophene rings is 1. The zero-order chi connectivity index (χ0) is 25.5. The Hall–Kier alpha value is -5.14. The summed E-state index contributed by atoms with van der Waals surface area (Å²) in [5.41, 5.74) is 7.68. The first kappa shape index (κ1) is 20.9. The maximum Gasteiger partial charge on any atom is 0.0978 e. The van der Waals surface area contributed by atoms with Gasteiger partial charge in [0.2, 0.25) is 0 Å². The smallest absolute Gasteiger partial charge is 0.0978 e. The molecule has 0 N–H and O–H groups in total. The molecule has 0 bridgehead atoms. The van der Waals surface area contributed by atoms with Gasteiger partial charge in [0.1, 0.15) is 0 Å². The first-order valence-corrected chi connectivity index (χ1v) is 13.5. The molecule has 6 nitrogen and oxygen atoms in total. The summed E-state index contributed by atoms with van der Waals surface area (Å²) in [6.45, 7) is 0. The number of fused-ring (bicyclic) bond motifs is 9. The molecule has 0 saturated carbocycles. The molecule has 0 radical (unpaired) electrons. The number of hydrogen-bond donors (Lipinski definition) is 0. The van der Waals surface area contributed by atoms with Crippen LogP contribution in [0.25, 0.3) is 75.3 Å². The van der Waals surface area contributed by atoms with Crippen LogP contribution in [-0.4, -0.2) is 29.1 Å². The van der Waals surface area contributed by atoms with Gasteiger partial charge in [0.05, 0.1) is 38.0 Å². The summed E-state index contributed by atoms with van der Waals surface area (Å²) in [4.78, 5) is 17.8. The minimum atomic E-state index is 0.966. The lowest BCUT2D eigenvalue weighted by molar-refractivity contribution is 1.18. The maximum absolute atomic E-state index is 4.68. The van der Waals surface area contributed by atoms with Gasteiger partial charge in [-0.3, -0.25) is 19.9 Å². The van der Waals surface area contributed by atoms with Crippen molar-refractivity contribution in [1.29, 1.82) is 0 Å². The molecule has 2 aromatic carbocycles. The Morgan fingerprint density at radius 1 is 0.538 bits per heavy atom. The quantitative estimate of drug-likeness (QED) is 0.234. The molecule has 39 heavy (non-hydrogen) atoms. The average Bonchev–Trinajstić information content (AvgIpc) is 3.65. The van der Waals surface area contributed by atoms with Crippen LogP contribution in [0.5, 0.6) is 0 Å². The van der Waals surface area contributed by atoms with Crippen molar-refractivity contribution in [2.75, 3.05) is 0 Å². The number of hydrogen-bond acceptors (Lipinski definition) is 5. The number of pyridine rings is 4.